The van der Waals surface area contributed by atoms with E-state index in [0.717, 1.165) is 6.07 Å². The molecular formula is C9H7ClF3NO2. The lowest BCUT2D eigenvalue weighted by Crippen LogP contribution is -2.12. The molecular weight excluding hydrogens is 247 g/mol. The van der Waals surface area contributed by atoms with E-state index in [1.165, 1.54) is 6.92 Å². The Kier molecular flexibility index (Phi) is 4.12. The topological polar surface area (TPSA) is 39.2 Å². The second-order valence-corrected chi connectivity index (χ2v) is 3.11. The summed E-state index contributed by atoms with van der Waals surface area (Å²) >= 11 is 5.31. The van der Waals surface area contributed by atoms with Crippen molar-refractivity contribution in [3.63, 3.8) is 0 Å². The second kappa shape index (κ2) is 5.16. The largest absolute Gasteiger partial charge is 0.462 e. The summed E-state index contributed by atoms with van der Waals surface area (Å²) in [6.45, 7) is 1.42. The standard InChI is InChI=1S/C9H7ClF3NO2/c1-2-16-9(15)6-4(7(11)12)3-5(10)14-8(6)13/h3,7H,2H2,1H3. The fraction of sp³-hybridized carbons (Fsp3) is 0.333. The molecule has 3 nitrogen and oxygen atoms in total. The van der Waals surface area contributed by atoms with Gasteiger partial charge in [-0.3, -0.25) is 0 Å². The molecule has 0 bridgehead atoms. The first-order valence-electron chi connectivity index (χ1n) is 4.28. The predicted octanol–water partition coefficient (Wildman–Crippen LogP) is 2.99. The summed E-state index contributed by atoms with van der Waals surface area (Å²) in [5.74, 6) is -2.54. The van der Waals surface area contributed by atoms with E-state index >= 15 is 0 Å². The fourth-order valence-electron chi connectivity index (χ4n) is 1.08. The van der Waals surface area contributed by atoms with Crippen LogP contribution in [0.25, 0.3) is 0 Å². The highest BCUT2D eigenvalue weighted by Crippen LogP contribution is 2.27. The van der Waals surface area contributed by atoms with Crippen molar-refractivity contribution in [1.29, 1.82) is 0 Å². The lowest BCUT2D eigenvalue weighted by Gasteiger charge is -2.08. The van der Waals surface area contributed by atoms with E-state index in [9.17, 15) is 18.0 Å². The summed E-state index contributed by atoms with van der Waals surface area (Å²) in [7, 11) is 0. The number of ether oxygens (including phenoxy) is 1. The minimum absolute atomic E-state index is 0.0520. The van der Waals surface area contributed by atoms with Crippen LogP contribution < -0.4 is 0 Å². The number of carbonyl (C=O) groups excluding carboxylic acids is 1. The average Bonchev–Trinajstić information content (AvgIpc) is 2.16. The van der Waals surface area contributed by atoms with Crippen LogP contribution in [0.3, 0.4) is 0 Å². The number of nitrogens with zero attached hydrogens (tertiary/aromatic N) is 1. The number of carbonyl (C=O) groups is 1. The zero-order valence-corrected chi connectivity index (χ0v) is 8.89. The van der Waals surface area contributed by atoms with Crippen molar-refractivity contribution in [2.24, 2.45) is 0 Å². The molecule has 0 aliphatic rings. The predicted molar refractivity (Wildman–Crippen MR) is 50.1 cm³/mol. The van der Waals surface area contributed by atoms with Crippen molar-refractivity contribution in [1.82, 2.24) is 4.98 Å². The molecule has 0 amide bonds. The third kappa shape index (κ3) is 2.63. The second-order valence-electron chi connectivity index (χ2n) is 2.72. The van der Waals surface area contributed by atoms with Crippen LogP contribution >= 0.6 is 11.6 Å². The SMILES string of the molecule is CCOC(=O)c1c(C(F)F)cc(Cl)nc1F. The molecule has 0 saturated heterocycles. The first-order chi connectivity index (χ1) is 7.47. The van der Waals surface area contributed by atoms with Crippen molar-refractivity contribution >= 4 is 17.6 Å². The maximum absolute atomic E-state index is 13.2. The minimum atomic E-state index is -3.03. The molecule has 0 saturated carbocycles. The van der Waals surface area contributed by atoms with Crippen LogP contribution in [0.5, 0.6) is 0 Å². The molecule has 0 aliphatic heterocycles. The summed E-state index contributed by atoms with van der Waals surface area (Å²) in [6, 6.07) is 0.738. The number of rotatable bonds is 3. The van der Waals surface area contributed by atoms with Gasteiger partial charge in [-0.2, -0.15) is 4.39 Å². The van der Waals surface area contributed by atoms with Gasteiger partial charge in [0, 0.05) is 5.56 Å². The Morgan fingerprint density at radius 2 is 2.25 bits per heavy atom. The quantitative estimate of drug-likeness (QED) is 0.614. The summed E-state index contributed by atoms with van der Waals surface area (Å²) in [6.07, 6.45) is -3.03. The van der Waals surface area contributed by atoms with E-state index in [1.54, 1.807) is 0 Å². The Balaban J connectivity index is 3.29. The van der Waals surface area contributed by atoms with Crippen LogP contribution in [0.15, 0.2) is 6.07 Å². The highest BCUT2D eigenvalue weighted by Gasteiger charge is 2.25. The van der Waals surface area contributed by atoms with Gasteiger partial charge >= 0.3 is 5.97 Å². The Morgan fingerprint density at radius 1 is 1.62 bits per heavy atom. The molecule has 0 fully saturated rings. The van der Waals surface area contributed by atoms with Gasteiger partial charge in [0.2, 0.25) is 5.95 Å². The van der Waals surface area contributed by atoms with E-state index in [4.69, 9.17) is 11.6 Å². The summed E-state index contributed by atoms with van der Waals surface area (Å²) < 4.78 is 42.7. The van der Waals surface area contributed by atoms with Gasteiger partial charge in [0.1, 0.15) is 10.7 Å². The number of hydrogen-bond donors (Lipinski definition) is 0. The van der Waals surface area contributed by atoms with Gasteiger partial charge in [-0.05, 0) is 13.0 Å². The van der Waals surface area contributed by atoms with Crippen molar-refractivity contribution in [3.8, 4) is 0 Å². The molecule has 0 aromatic carbocycles. The Labute approximate surface area is 94.2 Å². The molecule has 0 radical (unpaired) electrons. The van der Waals surface area contributed by atoms with Crippen LogP contribution in [-0.4, -0.2) is 17.6 Å². The number of halogens is 4. The fourth-order valence-corrected chi connectivity index (χ4v) is 1.27. The molecule has 0 spiro atoms. The monoisotopic (exact) mass is 253 g/mol. The normalized spacial score (nSPS) is 10.6. The van der Waals surface area contributed by atoms with Crippen molar-refractivity contribution < 1.29 is 22.7 Å². The molecule has 7 heteroatoms. The number of alkyl halides is 2. The highest BCUT2D eigenvalue weighted by molar-refractivity contribution is 6.29. The highest BCUT2D eigenvalue weighted by atomic mass is 35.5. The Hall–Kier alpha value is -1.30. The van der Waals surface area contributed by atoms with E-state index < -0.39 is 34.6 Å². The van der Waals surface area contributed by atoms with Crippen molar-refractivity contribution in [2.45, 2.75) is 13.3 Å². The van der Waals surface area contributed by atoms with Crippen molar-refractivity contribution in [2.75, 3.05) is 6.61 Å². The van der Waals surface area contributed by atoms with Crippen molar-refractivity contribution in [3.05, 3.63) is 28.3 Å². The molecule has 1 aromatic heterocycles. The maximum Gasteiger partial charge on any atom is 0.343 e. The molecule has 0 aliphatic carbocycles. The third-order valence-electron chi connectivity index (χ3n) is 1.69. The first kappa shape index (κ1) is 12.8. The molecule has 0 atom stereocenters. The first-order valence-corrected chi connectivity index (χ1v) is 4.66. The van der Waals surface area contributed by atoms with Gasteiger partial charge < -0.3 is 4.74 Å². The smallest absolute Gasteiger partial charge is 0.343 e. The van der Waals surface area contributed by atoms with Crippen LogP contribution in [0.1, 0.15) is 29.3 Å². The van der Waals surface area contributed by atoms with Crippen LogP contribution in [-0.2, 0) is 4.74 Å². The molecule has 1 heterocycles. The molecule has 0 unspecified atom stereocenters. The molecule has 88 valence electrons. The molecule has 1 rings (SSSR count). The molecule has 16 heavy (non-hydrogen) atoms. The van der Waals surface area contributed by atoms with Crippen LogP contribution in [0, 0.1) is 5.95 Å². The number of pyridine rings is 1. The van der Waals surface area contributed by atoms with Gasteiger partial charge in [0.05, 0.1) is 6.61 Å². The minimum Gasteiger partial charge on any atom is -0.462 e. The Bertz CT molecular complexity index is 412. The maximum atomic E-state index is 13.2. The Morgan fingerprint density at radius 3 is 2.75 bits per heavy atom. The summed E-state index contributed by atoms with van der Waals surface area (Å²) in [5, 5.41) is -0.444. The van der Waals surface area contributed by atoms with Gasteiger partial charge in [-0.1, -0.05) is 11.6 Å². The number of aromatic nitrogens is 1. The lowest BCUT2D eigenvalue weighted by molar-refractivity contribution is 0.0508. The zero-order chi connectivity index (χ0) is 12.3. The lowest BCUT2D eigenvalue weighted by atomic mass is 10.1. The van der Waals surface area contributed by atoms with E-state index in [1.807, 2.05) is 0 Å². The van der Waals surface area contributed by atoms with Crippen LogP contribution in [0.4, 0.5) is 13.2 Å². The van der Waals surface area contributed by atoms with Gasteiger partial charge in [-0.15, -0.1) is 0 Å². The number of hydrogen-bond acceptors (Lipinski definition) is 3. The zero-order valence-electron chi connectivity index (χ0n) is 8.14. The van der Waals surface area contributed by atoms with Gasteiger partial charge in [0.15, 0.2) is 0 Å². The third-order valence-corrected chi connectivity index (χ3v) is 1.88. The molecule has 1 aromatic rings. The number of esters is 1. The summed E-state index contributed by atoms with van der Waals surface area (Å²) in [5.41, 5.74) is -1.70. The van der Waals surface area contributed by atoms with Gasteiger partial charge in [0.25, 0.3) is 6.43 Å². The van der Waals surface area contributed by atoms with E-state index in [-0.39, 0.29) is 6.61 Å². The van der Waals surface area contributed by atoms with E-state index in [0.29, 0.717) is 0 Å². The van der Waals surface area contributed by atoms with Gasteiger partial charge in [-0.25, -0.2) is 18.6 Å². The van der Waals surface area contributed by atoms with Crippen LogP contribution in [0.2, 0.25) is 5.15 Å². The van der Waals surface area contributed by atoms with E-state index in [2.05, 4.69) is 9.72 Å². The average molecular weight is 254 g/mol. The summed E-state index contributed by atoms with van der Waals surface area (Å²) in [4.78, 5) is 14.3. The molecule has 0 N–H and O–H groups in total.